The van der Waals surface area contributed by atoms with Crippen molar-refractivity contribution in [2.45, 2.75) is 6.42 Å². The smallest absolute Gasteiger partial charge is 0.337 e. The molecule has 0 saturated carbocycles. The molecular weight excluding hydrogens is 152 g/mol. The number of ether oxygens (including phenoxy) is 1. The van der Waals surface area contributed by atoms with Crippen LogP contribution in [0.1, 0.15) is 6.42 Å². The number of esters is 1. The van der Waals surface area contributed by atoms with Crippen LogP contribution >= 0.6 is 0 Å². The Morgan fingerprint density at radius 1 is 1.55 bits per heavy atom. The van der Waals surface area contributed by atoms with Crippen LogP contribution in [0, 0.1) is 0 Å². The molecule has 0 amide bonds. The fourth-order valence-corrected chi connectivity index (χ4v) is 0.465. The minimum atomic E-state index is -1.20. The number of hydrogen-bond acceptors (Lipinski definition) is 4. The minimum absolute atomic E-state index is 0.278. The van der Waals surface area contributed by atoms with Crippen molar-refractivity contribution < 1.29 is 24.5 Å². The van der Waals surface area contributed by atoms with Crippen molar-refractivity contribution in [3.05, 3.63) is 11.8 Å². The second-order valence-corrected chi connectivity index (χ2v) is 1.72. The number of aliphatic carboxylic acids is 1. The number of methoxy groups -OCH3 is 1. The van der Waals surface area contributed by atoms with Crippen molar-refractivity contribution in [1.29, 1.82) is 0 Å². The highest BCUT2D eigenvalue weighted by Gasteiger charge is 2.13. The number of carbonyl (C=O) groups is 2. The lowest BCUT2D eigenvalue weighted by Crippen LogP contribution is -2.09. The van der Waals surface area contributed by atoms with Gasteiger partial charge in [-0.25, -0.2) is 4.79 Å². The summed E-state index contributed by atoms with van der Waals surface area (Å²) in [4.78, 5) is 20.6. The molecule has 0 aliphatic carbocycles. The SMILES string of the molecule is COC(=O)C(=CO)CC(=O)O. The molecule has 0 heterocycles. The van der Waals surface area contributed by atoms with E-state index in [1.807, 2.05) is 0 Å². The summed E-state index contributed by atoms with van der Waals surface area (Å²) in [7, 11) is 1.10. The maximum Gasteiger partial charge on any atom is 0.337 e. The van der Waals surface area contributed by atoms with E-state index in [4.69, 9.17) is 10.2 Å². The molecule has 5 nitrogen and oxygen atoms in total. The molecule has 0 saturated heterocycles. The van der Waals surface area contributed by atoms with Gasteiger partial charge in [0.15, 0.2) is 0 Å². The van der Waals surface area contributed by atoms with Gasteiger partial charge in [-0.05, 0) is 0 Å². The zero-order valence-corrected chi connectivity index (χ0v) is 5.90. The first kappa shape index (κ1) is 9.48. The van der Waals surface area contributed by atoms with Gasteiger partial charge < -0.3 is 14.9 Å². The molecule has 0 aliphatic heterocycles. The van der Waals surface area contributed by atoms with E-state index in [2.05, 4.69) is 4.74 Å². The highest BCUT2D eigenvalue weighted by Crippen LogP contribution is 2.01. The molecule has 0 aromatic rings. The van der Waals surface area contributed by atoms with Gasteiger partial charge in [0.2, 0.25) is 0 Å². The van der Waals surface area contributed by atoms with Crippen LogP contribution in [-0.4, -0.2) is 29.3 Å². The molecule has 5 heteroatoms. The summed E-state index contributed by atoms with van der Waals surface area (Å²) in [5, 5.41) is 16.5. The summed E-state index contributed by atoms with van der Waals surface area (Å²) < 4.78 is 4.17. The van der Waals surface area contributed by atoms with Gasteiger partial charge in [0.25, 0.3) is 0 Å². The van der Waals surface area contributed by atoms with Crippen LogP contribution in [0.4, 0.5) is 0 Å². The third kappa shape index (κ3) is 3.24. The van der Waals surface area contributed by atoms with E-state index in [-0.39, 0.29) is 5.57 Å². The average Bonchev–Trinajstić information content (AvgIpc) is 1.98. The summed E-state index contributed by atoms with van der Waals surface area (Å²) in [5.41, 5.74) is -0.278. The minimum Gasteiger partial charge on any atom is -0.515 e. The first-order chi connectivity index (χ1) is 5.11. The second-order valence-electron chi connectivity index (χ2n) is 1.72. The first-order valence-electron chi connectivity index (χ1n) is 2.75. The van der Waals surface area contributed by atoms with Crippen LogP contribution in [0.2, 0.25) is 0 Å². The highest BCUT2D eigenvalue weighted by atomic mass is 16.5. The lowest BCUT2D eigenvalue weighted by atomic mass is 10.2. The summed E-state index contributed by atoms with van der Waals surface area (Å²) in [6, 6.07) is 0. The molecule has 0 bridgehead atoms. The largest absolute Gasteiger partial charge is 0.515 e. The lowest BCUT2D eigenvalue weighted by Gasteiger charge is -1.98. The van der Waals surface area contributed by atoms with Crippen LogP contribution in [-0.2, 0) is 14.3 Å². The first-order valence-corrected chi connectivity index (χ1v) is 2.75. The monoisotopic (exact) mass is 160 g/mol. The van der Waals surface area contributed by atoms with Gasteiger partial charge >= 0.3 is 11.9 Å². The Kier molecular flexibility index (Phi) is 3.72. The van der Waals surface area contributed by atoms with Gasteiger partial charge in [-0.15, -0.1) is 0 Å². The van der Waals surface area contributed by atoms with Crippen LogP contribution in [0.3, 0.4) is 0 Å². The van der Waals surface area contributed by atoms with Crippen LogP contribution in [0.25, 0.3) is 0 Å². The molecule has 11 heavy (non-hydrogen) atoms. The number of carboxylic acids is 1. The van der Waals surface area contributed by atoms with E-state index in [0.717, 1.165) is 7.11 Å². The predicted molar refractivity (Wildman–Crippen MR) is 35.0 cm³/mol. The Morgan fingerprint density at radius 3 is 2.36 bits per heavy atom. The summed E-state index contributed by atoms with van der Waals surface area (Å²) in [6.45, 7) is 0. The maximum atomic E-state index is 10.6. The lowest BCUT2D eigenvalue weighted by molar-refractivity contribution is -0.141. The zero-order chi connectivity index (χ0) is 8.85. The predicted octanol–water partition coefficient (Wildman–Crippen LogP) is 0.0760. The Morgan fingerprint density at radius 2 is 2.09 bits per heavy atom. The van der Waals surface area contributed by atoms with Gasteiger partial charge in [0.05, 0.1) is 25.4 Å². The van der Waals surface area contributed by atoms with E-state index < -0.39 is 18.4 Å². The van der Waals surface area contributed by atoms with Crippen molar-refractivity contribution >= 4 is 11.9 Å². The molecule has 0 aliphatic rings. The topological polar surface area (TPSA) is 83.8 Å². The molecule has 0 fully saturated rings. The molecule has 0 aromatic heterocycles. The maximum absolute atomic E-state index is 10.6. The van der Waals surface area contributed by atoms with E-state index in [0.29, 0.717) is 6.26 Å². The van der Waals surface area contributed by atoms with Crippen molar-refractivity contribution in [1.82, 2.24) is 0 Å². The van der Waals surface area contributed by atoms with Gasteiger partial charge in [-0.1, -0.05) is 0 Å². The highest BCUT2D eigenvalue weighted by molar-refractivity contribution is 5.93. The van der Waals surface area contributed by atoms with E-state index in [1.54, 1.807) is 0 Å². The Hall–Kier alpha value is -1.52. The quantitative estimate of drug-likeness (QED) is 0.347. The fraction of sp³-hybridized carbons (Fsp3) is 0.333. The van der Waals surface area contributed by atoms with Crippen molar-refractivity contribution in [3.8, 4) is 0 Å². The van der Waals surface area contributed by atoms with Gasteiger partial charge in [-0.3, -0.25) is 4.79 Å². The number of carboxylic acid groups (broad SMARTS) is 1. The molecule has 0 unspecified atom stereocenters. The van der Waals surface area contributed by atoms with Gasteiger partial charge in [0, 0.05) is 0 Å². The molecule has 0 aromatic carbocycles. The molecule has 2 N–H and O–H groups in total. The van der Waals surface area contributed by atoms with Crippen LogP contribution in [0.5, 0.6) is 0 Å². The Bertz CT molecular complexity index is 193. The van der Waals surface area contributed by atoms with Crippen LogP contribution < -0.4 is 0 Å². The Balaban J connectivity index is 4.20. The molecule has 0 radical (unpaired) electrons. The second kappa shape index (κ2) is 4.32. The Labute approximate surface area is 62.9 Å². The van der Waals surface area contributed by atoms with Gasteiger partial charge in [0.1, 0.15) is 0 Å². The van der Waals surface area contributed by atoms with E-state index in [1.165, 1.54) is 0 Å². The van der Waals surface area contributed by atoms with E-state index >= 15 is 0 Å². The standard InChI is InChI=1S/C6H8O5/c1-11-6(10)4(3-7)2-5(8)9/h3,7H,2H2,1H3,(H,8,9). The van der Waals surface area contributed by atoms with Crippen molar-refractivity contribution in [2.24, 2.45) is 0 Å². The average molecular weight is 160 g/mol. The summed E-state index contributed by atoms with van der Waals surface area (Å²) in [6.07, 6.45) is -0.108. The summed E-state index contributed by atoms with van der Waals surface area (Å²) >= 11 is 0. The molecule has 62 valence electrons. The number of aliphatic hydroxyl groups excluding tert-OH is 1. The molecule has 0 rings (SSSR count). The normalized spacial score (nSPS) is 10.8. The number of aliphatic hydroxyl groups is 1. The fourth-order valence-electron chi connectivity index (χ4n) is 0.465. The van der Waals surface area contributed by atoms with Crippen molar-refractivity contribution in [3.63, 3.8) is 0 Å². The molecule has 0 spiro atoms. The summed E-state index contributed by atoms with van der Waals surface area (Å²) in [5.74, 6) is -2.04. The number of carbonyl (C=O) groups excluding carboxylic acids is 1. The number of rotatable bonds is 3. The zero-order valence-electron chi connectivity index (χ0n) is 5.90. The third-order valence-electron chi connectivity index (χ3n) is 0.945. The van der Waals surface area contributed by atoms with E-state index in [9.17, 15) is 9.59 Å². The van der Waals surface area contributed by atoms with Crippen molar-refractivity contribution in [2.75, 3.05) is 7.11 Å². The van der Waals surface area contributed by atoms with Crippen LogP contribution in [0.15, 0.2) is 11.8 Å². The molecular formula is C6H8O5. The van der Waals surface area contributed by atoms with Gasteiger partial charge in [-0.2, -0.15) is 0 Å². The number of hydrogen-bond donors (Lipinski definition) is 2. The molecule has 0 atom stereocenters. The third-order valence-corrected chi connectivity index (χ3v) is 0.945.